The van der Waals surface area contributed by atoms with E-state index in [0.717, 1.165) is 27.3 Å². The van der Waals surface area contributed by atoms with Gasteiger partial charge in [0.1, 0.15) is 0 Å². The summed E-state index contributed by atoms with van der Waals surface area (Å²) in [6.45, 7) is 2.23. The number of nitrogens with zero attached hydrogens (tertiary/aromatic N) is 3. The summed E-state index contributed by atoms with van der Waals surface area (Å²) in [6.07, 6.45) is 0. The largest absolute Gasteiger partial charge is 0.334 e. The molecule has 4 aromatic rings. The first-order valence-electron chi connectivity index (χ1n) is 10.1. The summed E-state index contributed by atoms with van der Waals surface area (Å²) in [5, 5.41) is 9.86. The molecule has 2 aromatic heterocycles. The van der Waals surface area contributed by atoms with E-state index in [1.54, 1.807) is 16.2 Å². The van der Waals surface area contributed by atoms with E-state index in [1.165, 1.54) is 0 Å². The minimum absolute atomic E-state index is 0.210. The lowest BCUT2D eigenvalue weighted by Gasteiger charge is -2.35. The summed E-state index contributed by atoms with van der Waals surface area (Å²) in [4.78, 5) is 20.4. The van der Waals surface area contributed by atoms with Gasteiger partial charge in [-0.05, 0) is 35.6 Å². The first kappa shape index (κ1) is 20.5. The van der Waals surface area contributed by atoms with E-state index in [2.05, 4.69) is 15.5 Å². The second-order valence-electron chi connectivity index (χ2n) is 7.37. The summed E-state index contributed by atoms with van der Waals surface area (Å²) in [7, 11) is 0. The number of amides is 2. The van der Waals surface area contributed by atoms with Crippen LogP contribution < -0.4 is 5.32 Å². The molecule has 0 bridgehead atoms. The lowest BCUT2D eigenvalue weighted by molar-refractivity contribution is 0.203. The molecule has 6 nitrogen and oxygen atoms in total. The molecule has 2 aromatic carbocycles. The van der Waals surface area contributed by atoms with Crippen molar-refractivity contribution in [2.24, 2.45) is 0 Å². The first-order chi connectivity index (χ1) is 15.6. The number of rotatable bonds is 5. The molecule has 1 atom stereocenters. The zero-order chi connectivity index (χ0) is 22.1. The Morgan fingerprint density at radius 1 is 1.09 bits per heavy atom. The van der Waals surface area contributed by atoms with Gasteiger partial charge in [-0.1, -0.05) is 71.4 Å². The van der Waals surface area contributed by atoms with E-state index in [4.69, 9.17) is 16.1 Å². The maximum atomic E-state index is 13.1. The predicted molar refractivity (Wildman–Crippen MR) is 125 cm³/mol. The minimum Gasteiger partial charge on any atom is -0.334 e. The van der Waals surface area contributed by atoms with Gasteiger partial charge in [0.2, 0.25) is 5.82 Å². The van der Waals surface area contributed by atoms with Crippen molar-refractivity contribution in [2.75, 3.05) is 0 Å². The highest BCUT2D eigenvalue weighted by molar-refractivity contribution is 7.13. The summed E-state index contributed by atoms with van der Waals surface area (Å²) < 4.78 is 5.69. The van der Waals surface area contributed by atoms with Crippen LogP contribution in [0.25, 0.3) is 16.3 Å². The van der Waals surface area contributed by atoms with Gasteiger partial charge in [0.15, 0.2) is 0 Å². The summed E-state index contributed by atoms with van der Waals surface area (Å²) >= 11 is 7.91. The molecule has 8 heteroatoms. The van der Waals surface area contributed by atoms with Gasteiger partial charge in [-0.25, -0.2) is 4.79 Å². The third-order valence-electron chi connectivity index (χ3n) is 5.41. The molecule has 1 aliphatic heterocycles. The van der Waals surface area contributed by atoms with Crippen molar-refractivity contribution < 1.29 is 9.32 Å². The quantitative estimate of drug-likeness (QED) is 0.386. The van der Waals surface area contributed by atoms with Crippen molar-refractivity contribution in [3.05, 3.63) is 99.8 Å². The molecular formula is C24H19ClN4O2S. The zero-order valence-electron chi connectivity index (χ0n) is 17.2. The van der Waals surface area contributed by atoms with Crippen LogP contribution in [-0.2, 0) is 6.54 Å². The Morgan fingerprint density at radius 2 is 1.88 bits per heavy atom. The van der Waals surface area contributed by atoms with Crippen LogP contribution >= 0.6 is 22.9 Å². The van der Waals surface area contributed by atoms with Crippen LogP contribution in [-0.4, -0.2) is 21.1 Å². The number of carbonyl (C=O) groups excluding carboxylic acids is 1. The lowest BCUT2D eigenvalue weighted by atomic mass is 9.94. The molecule has 2 amide bonds. The average molecular weight is 463 g/mol. The Bertz CT molecular complexity index is 1280. The topological polar surface area (TPSA) is 71.3 Å². The molecule has 32 heavy (non-hydrogen) atoms. The second kappa shape index (κ2) is 8.61. The lowest BCUT2D eigenvalue weighted by Crippen LogP contribution is -2.45. The van der Waals surface area contributed by atoms with Gasteiger partial charge in [0.05, 0.1) is 23.0 Å². The van der Waals surface area contributed by atoms with Gasteiger partial charge >= 0.3 is 6.03 Å². The van der Waals surface area contributed by atoms with Crippen molar-refractivity contribution >= 4 is 34.5 Å². The molecule has 0 spiro atoms. The molecule has 0 saturated carbocycles. The van der Waals surface area contributed by atoms with Gasteiger partial charge in [-0.2, -0.15) is 4.98 Å². The zero-order valence-corrected chi connectivity index (χ0v) is 18.7. The third kappa shape index (κ3) is 3.81. The Morgan fingerprint density at radius 3 is 2.62 bits per heavy atom. The molecule has 1 unspecified atom stereocenters. The Balaban J connectivity index is 1.61. The number of halogens is 1. The van der Waals surface area contributed by atoms with Gasteiger partial charge in [0, 0.05) is 10.7 Å². The van der Waals surface area contributed by atoms with Crippen LogP contribution in [0.5, 0.6) is 0 Å². The normalized spacial score (nSPS) is 16.4. The van der Waals surface area contributed by atoms with E-state index in [-0.39, 0.29) is 6.03 Å². The fourth-order valence-electron chi connectivity index (χ4n) is 3.78. The van der Waals surface area contributed by atoms with Crippen LogP contribution in [0.2, 0.25) is 5.02 Å². The monoisotopic (exact) mass is 462 g/mol. The summed E-state index contributed by atoms with van der Waals surface area (Å²) in [6, 6.07) is 20.5. The smallest absolute Gasteiger partial charge is 0.322 e. The Kier molecular flexibility index (Phi) is 5.51. The molecule has 0 fully saturated rings. The number of carbonyl (C=O) groups is 1. The highest BCUT2D eigenvalue weighted by Crippen LogP contribution is 2.38. The fraction of sp³-hybridized carbons (Fsp3) is 0.125. The van der Waals surface area contributed by atoms with Gasteiger partial charge in [0.25, 0.3) is 5.89 Å². The number of hydrogen-bond donors (Lipinski definition) is 1. The van der Waals surface area contributed by atoms with Crippen LogP contribution in [0, 0.1) is 0 Å². The maximum Gasteiger partial charge on any atom is 0.322 e. The summed E-state index contributed by atoms with van der Waals surface area (Å²) in [5.41, 5.74) is 3.29. The number of benzene rings is 2. The number of nitrogens with one attached hydrogen (secondary N) is 1. The molecule has 3 heterocycles. The second-order valence-corrected chi connectivity index (χ2v) is 8.73. The minimum atomic E-state index is -0.414. The molecule has 160 valence electrons. The molecule has 5 rings (SSSR count). The van der Waals surface area contributed by atoms with E-state index >= 15 is 0 Å². The maximum absolute atomic E-state index is 13.1. The SMILES string of the molecule is CC1=C(c2nc(-c3cccs3)no2)C(c2ccccc2)NC(=O)N1Cc1ccccc1Cl. The van der Waals surface area contributed by atoms with Crippen molar-refractivity contribution in [1.82, 2.24) is 20.4 Å². The van der Waals surface area contributed by atoms with E-state index in [9.17, 15) is 4.79 Å². The first-order valence-corrected chi connectivity index (χ1v) is 11.3. The van der Waals surface area contributed by atoms with E-state index in [0.29, 0.717) is 23.3 Å². The number of urea groups is 1. The van der Waals surface area contributed by atoms with Crippen molar-refractivity contribution in [3.8, 4) is 10.7 Å². The van der Waals surface area contributed by atoms with Crippen molar-refractivity contribution in [3.63, 3.8) is 0 Å². The standard InChI is InChI=1S/C24H19ClN4O2S/c1-15-20(23-27-22(28-31-23)19-12-7-13-32-19)21(16-8-3-2-4-9-16)26-24(30)29(15)14-17-10-5-6-11-18(17)25/h2-13,21H,14H2,1H3,(H,26,30). The van der Waals surface area contributed by atoms with Crippen LogP contribution in [0.4, 0.5) is 4.79 Å². The molecule has 1 N–H and O–H groups in total. The van der Waals surface area contributed by atoms with Gasteiger partial charge in [-0.3, -0.25) is 4.90 Å². The molecule has 0 aliphatic carbocycles. The fourth-order valence-corrected chi connectivity index (χ4v) is 4.62. The molecular weight excluding hydrogens is 444 g/mol. The van der Waals surface area contributed by atoms with Gasteiger partial charge < -0.3 is 9.84 Å². The Hall–Kier alpha value is -3.42. The number of thiophene rings is 1. The highest BCUT2D eigenvalue weighted by Gasteiger charge is 2.36. The highest BCUT2D eigenvalue weighted by atomic mass is 35.5. The molecule has 0 radical (unpaired) electrons. The van der Waals surface area contributed by atoms with E-state index < -0.39 is 6.04 Å². The molecule has 1 aliphatic rings. The number of allylic oxidation sites excluding steroid dienone is 1. The van der Waals surface area contributed by atoms with Crippen LogP contribution in [0.1, 0.15) is 30.0 Å². The van der Waals surface area contributed by atoms with Gasteiger partial charge in [-0.15, -0.1) is 11.3 Å². The van der Waals surface area contributed by atoms with Crippen LogP contribution in [0.15, 0.2) is 82.3 Å². The predicted octanol–water partition coefficient (Wildman–Crippen LogP) is 6.15. The van der Waals surface area contributed by atoms with Crippen molar-refractivity contribution in [1.29, 1.82) is 0 Å². The van der Waals surface area contributed by atoms with E-state index in [1.807, 2.05) is 79.0 Å². The summed E-state index contributed by atoms with van der Waals surface area (Å²) in [5.74, 6) is 0.903. The molecule has 0 saturated heterocycles. The van der Waals surface area contributed by atoms with Crippen LogP contribution in [0.3, 0.4) is 0 Å². The van der Waals surface area contributed by atoms with Crippen molar-refractivity contribution in [2.45, 2.75) is 19.5 Å². The Labute approximate surface area is 194 Å². The average Bonchev–Trinajstić information content (AvgIpc) is 3.50. The number of aromatic nitrogens is 2. The third-order valence-corrected chi connectivity index (χ3v) is 6.65. The number of hydrogen-bond acceptors (Lipinski definition) is 5.